The summed E-state index contributed by atoms with van der Waals surface area (Å²) >= 11 is 3.35. The van der Waals surface area contributed by atoms with Gasteiger partial charge in [0.1, 0.15) is 5.82 Å². The molecule has 1 atom stereocenters. The van der Waals surface area contributed by atoms with Crippen molar-refractivity contribution in [3.05, 3.63) is 57.7 Å². The molecule has 96 valence electrons. The summed E-state index contributed by atoms with van der Waals surface area (Å²) in [7, 11) is 0. The van der Waals surface area contributed by atoms with Crippen LogP contribution in [0.1, 0.15) is 29.7 Å². The van der Waals surface area contributed by atoms with Crippen LogP contribution in [0.4, 0.5) is 4.39 Å². The van der Waals surface area contributed by atoms with Crippen LogP contribution in [0.25, 0.3) is 0 Å². The van der Waals surface area contributed by atoms with E-state index in [-0.39, 0.29) is 11.9 Å². The van der Waals surface area contributed by atoms with E-state index in [0.717, 1.165) is 17.7 Å². The van der Waals surface area contributed by atoms with E-state index in [1.165, 1.54) is 6.07 Å². The van der Waals surface area contributed by atoms with Gasteiger partial charge < -0.3 is 9.73 Å². The molecule has 1 heterocycles. The third-order valence-electron chi connectivity index (χ3n) is 2.83. The van der Waals surface area contributed by atoms with Crippen molar-refractivity contribution in [1.82, 2.24) is 5.32 Å². The molecule has 4 heteroatoms. The standard InChI is InChI=1S/C14H15BrFNO/c1-3-17-13(10-6-7-18-14(10)15)11-8-9(2)4-5-12(11)16/h4-8,13,17H,3H2,1-2H3. The molecule has 1 aromatic carbocycles. The van der Waals surface area contributed by atoms with Crippen molar-refractivity contribution in [2.75, 3.05) is 6.54 Å². The van der Waals surface area contributed by atoms with E-state index >= 15 is 0 Å². The normalized spacial score (nSPS) is 12.7. The molecule has 0 spiro atoms. The Balaban J connectivity index is 2.48. The van der Waals surface area contributed by atoms with Crippen molar-refractivity contribution in [2.45, 2.75) is 19.9 Å². The molecule has 1 unspecified atom stereocenters. The highest BCUT2D eigenvalue weighted by Gasteiger charge is 2.21. The van der Waals surface area contributed by atoms with Crippen LogP contribution in [0.2, 0.25) is 0 Å². The van der Waals surface area contributed by atoms with Crippen LogP contribution in [-0.4, -0.2) is 6.54 Å². The predicted octanol–water partition coefficient (Wildman–Crippen LogP) is 4.19. The zero-order valence-corrected chi connectivity index (χ0v) is 11.9. The Kier molecular flexibility index (Phi) is 4.19. The first-order valence-electron chi connectivity index (χ1n) is 5.85. The Morgan fingerprint density at radius 3 is 2.72 bits per heavy atom. The lowest BCUT2D eigenvalue weighted by Gasteiger charge is -2.18. The van der Waals surface area contributed by atoms with Gasteiger partial charge in [-0.2, -0.15) is 0 Å². The molecular weight excluding hydrogens is 297 g/mol. The molecule has 0 saturated carbocycles. The Morgan fingerprint density at radius 2 is 2.11 bits per heavy atom. The molecule has 0 bridgehead atoms. The Morgan fingerprint density at radius 1 is 1.33 bits per heavy atom. The number of furan rings is 1. The molecule has 1 N–H and O–H groups in total. The third-order valence-corrected chi connectivity index (χ3v) is 3.47. The molecule has 18 heavy (non-hydrogen) atoms. The van der Waals surface area contributed by atoms with Crippen LogP contribution >= 0.6 is 15.9 Å². The van der Waals surface area contributed by atoms with Crippen molar-refractivity contribution in [3.63, 3.8) is 0 Å². The van der Waals surface area contributed by atoms with E-state index in [0.29, 0.717) is 10.2 Å². The van der Waals surface area contributed by atoms with Crippen molar-refractivity contribution in [3.8, 4) is 0 Å². The average molecular weight is 312 g/mol. The Labute approximate surface area is 114 Å². The number of hydrogen-bond donors (Lipinski definition) is 1. The van der Waals surface area contributed by atoms with Gasteiger partial charge in [0.15, 0.2) is 4.67 Å². The maximum atomic E-state index is 14.0. The second kappa shape index (κ2) is 5.67. The van der Waals surface area contributed by atoms with E-state index in [1.54, 1.807) is 12.3 Å². The zero-order chi connectivity index (χ0) is 13.1. The highest BCUT2D eigenvalue weighted by Crippen LogP contribution is 2.31. The Hall–Kier alpha value is -1.13. The lowest BCUT2D eigenvalue weighted by molar-refractivity contribution is 0.518. The summed E-state index contributed by atoms with van der Waals surface area (Å²) in [6, 6.07) is 6.78. The van der Waals surface area contributed by atoms with Gasteiger partial charge in [-0.15, -0.1) is 0 Å². The molecule has 2 rings (SSSR count). The van der Waals surface area contributed by atoms with Gasteiger partial charge in [-0.3, -0.25) is 0 Å². The van der Waals surface area contributed by atoms with Crippen LogP contribution in [0.15, 0.2) is 39.6 Å². The van der Waals surface area contributed by atoms with Crippen molar-refractivity contribution >= 4 is 15.9 Å². The van der Waals surface area contributed by atoms with Gasteiger partial charge in [0.2, 0.25) is 0 Å². The fourth-order valence-electron chi connectivity index (χ4n) is 1.99. The Bertz CT molecular complexity index is 538. The average Bonchev–Trinajstić information content (AvgIpc) is 2.76. The lowest BCUT2D eigenvalue weighted by Crippen LogP contribution is -2.23. The first kappa shape index (κ1) is 13.3. The summed E-state index contributed by atoms with van der Waals surface area (Å²) in [5.41, 5.74) is 2.58. The van der Waals surface area contributed by atoms with Gasteiger partial charge in [-0.05, 0) is 41.5 Å². The quantitative estimate of drug-likeness (QED) is 0.916. The largest absolute Gasteiger partial charge is 0.457 e. The van der Waals surface area contributed by atoms with Crippen LogP contribution in [-0.2, 0) is 0 Å². The summed E-state index contributed by atoms with van der Waals surface area (Å²) in [5, 5.41) is 3.28. The minimum Gasteiger partial charge on any atom is -0.457 e. The van der Waals surface area contributed by atoms with Crippen molar-refractivity contribution in [2.24, 2.45) is 0 Å². The second-order valence-corrected chi connectivity index (χ2v) is 4.89. The smallest absolute Gasteiger partial charge is 0.174 e. The molecule has 0 amide bonds. The molecule has 0 radical (unpaired) electrons. The molecule has 0 fully saturated rings. The minimum absolute atomic E-state index is 0.206. The van der Waals surface area contributed by atoms with Gasteiger partial charge in [-0.25, -0.2) is 4.39 Å². The van der Waals surface area contributed by atoms with E-state index < -0.39 is 0 Å². The van der Waals surface area contributed by atoms with Gasteiger partial charge in [0, 0.05) is 11.1 Å². The molecule has 0 aliphatic rings. The molecule has 0 saturated heterocycles. The first-order valence-corrected chi connectivity index (χ1v) is 6.65. The zero-order valence-electron chi connectivity index (χ0n) is 10.3. The summed E-state index contributed by atoms with van der Waals surface area (Å²) < 4.78 is 19.9. The first-order chi connectivity index (χ1) is 8.63. The van der Waals surface area contributed by atoms with E-state index in [4.69, 9.17) is 4.42 Å². The number of benzene rings is 1. The van der Waals surface area contributed by atoms with Gasteiger partial charge in [0.05, 0.1) is 12.3 Å². The molecule has 2 aromatic rings. The SMILES string of the molecule is CCNC(c1cc(C)ccc1F)c1ccoc1Br. The number of aryl methyl sites for hydroxylation is 1. The summed E-state index contributed by atoms with van der Waals surface area (Å²) in [5.74, 6) is -0.209. The van der Waals surface area contributed by atoms with Crippen LogP contribution in [0.3, 0.4) is 0 Å². The maximum absolute atomic E-state index is 14.0. The topological polar surface area (TPSA) is 25.2 Å². The predicted molar refractivity (Wildman–Crippen MR) is 73.1 cm³/mol. The summed E-state index contributed by atoms with van der Waals surface area (Å²) in [4.78, 5) is 0. The maximum Gasteiger partial charge on any atom is 0.174 e. The molecule has 1 aromatic heterocycles. The fourth-order valence-corrected chi connectivity index (χ4v) is 2.46. The van der Waals surface area contributed by atoms with Crippen LogP contribution in [0.5, 0.6) is 0 Å². The minimum atomic E-state index is -0.209. The third kappa shape index (κ3) is 2.65. The summed E-state index contributed by atoms with van der Waals surface area (Å²) in [6.45, 7) is 4.70. The van der Waals surface area contributed by atoms with E-state index in [2.05, 4.69) is 21.2 Å². The highest BCUT2D eigenvalue weighted by atomic mass is 79.9. The van der Waals surface area contributed by atoms with Crippen LogP contribution < -0.4 is 5.32 Å². The van der Waals surface area contributed by atoms with E-state index in [1.807, 2.05) is 26.0 Å². The number of halogens is 2. The molecular formula is C14H15BrFNO. The number of rotatable bonds is 4. The van der Waals surface area contributed by atoms with E-state index in [9.17, 15) is 4.39 Å². The van der Waals surface area contributed by atoms with Gasteiger partial charge in [0.25, 0.3) is 0 Å². The van der Waals surface area contributed by atoms with Gasteiger partial charge >= 0.3 is 0 Å². The lowest BCUT2D eigenvalue weighted by atomic mass is 9.99. The molecule has 2 nitrogen and oxygen atoms in total. The van der Waals surface area contributed by atoms with Gasteiger partial charge in [-0.1, -0.05) is 24.6 Å². The molecule has 0 aliphatic heterocycles. The van der Waals surface area contributed by atoms with Crippen molar-refractivity contribution < 1.29 is 8.81 Å². The molecule has 0 aliphatic carbocycles. The number of nitrogens with one attached hydrogen (secondary N) is 1. The van der Waals surface area contributed by atoms with Crippen LogP contribution in [0, 0.1) is 12.7 Å². The fraction of sp³-hybridized carbons (Fsp3) is 0.286. The summed E-state index contributed by atoms with van der Waals surface area (Å²) in [6.07, 6.45) is 1.59. The second-order valence-electron chi connectivity index (χ2n) is 4.17. The monoisotopic (exact) mass is 311 g/mol. The number of hydrogen-bond acceptors (Lipinski definition) is 2. The highest BCUT2D eigenvalue weighted by molar-refractivity contribution is 9.10. The van der Waals surface area contributed by atoms with Crippen molar-refractivity contribution in [1.29, 1.82) is 0 Å².